The maximum Gasteiger partial charge on any atom is 0.224 e. The first-order valence-electron chi connectivity index (χ1n) is 14.9. The highest BCUT2D eigenvalue weighted by Crippen LogP contribution is 2.28. The number of ether oxygens (including phenoxy) is 1. The van der Waals surface area contributed by atoms with E-state index < -0.39 is 0 Å². The zero-order valence-electron chi connectivity index (χ0n) is 24.0. The molecule has 214 valence electrons. The standard InChI is InChI=1S/C33H47ClN2O2S/c1-3-4-5-6-7-8-9-10-11-12-13-14-22-38-33-24-30(17-20-32(33)34)26-36(28(2)37)31-18-15-29(16-19-31)25-35-21-23-39-27-35/h15-21,23-24H,3-14,22,25-27H2,1-2H3. The second kappa shape index (κ2) is 18.3. The molecule has 1 amide bonds. The van der Waals surface area contributed by atoms with E-state index in [0.29, 0.717) is 23.9 Å². The molecule has 0 saturated heterocycles. The van der Waals surface area contributed by atoms with Gasteiger partial charge in [0, 0.05) is 25.4 Å². The van der Waals surface area contributed by atoms with E-state index in [9.17, 15) is 4.79 Å². The lowest BCUT2D eigenvalue weighted by molar-refractivity contribution is -0.116. The van der Waals surface area contributed by atoms with E-state index in [1.54, 1.807) is 23.6 Å². The zero-order chi connectivity index (χ0) is 27.7. The molecule has 0 fully saturated rings. The van der Waals surface area contributed by atoms with Crippen LogP contribution in [0.2, 0.25) is 5.02 Å². The highest BCUT2D eigenvalue weighted by molar-refractivity contribution is 8.02. The Morgan fingerprint density at radius 1 is 0.897 bits per heavy atom. The summed E-state index contributed by atoms with van der Waals surface area (Å²) in [5.41, 5.74) is 3.13. The molecule has 0 N–H and O–H groups in total. The number of amides is 1. The highest BCUT2D eigenvalue weighted by atomic mass is 35.5. The monoisotopic (exact) mass is 570 g/mol. The number of rotatable bonds is 19. The molecule has 1 aliphatic heterocycles. The number of benzene rings is 2. The fourth-order valence-corrected chi connectivity index (χ4v) is 5.76. The number of nitrogens with zero attached hydrogens (tertiary/aromatic N) is 2. The molecule has 0 radical (unpaired) electrons. The van der Waals surface area contributed by atoms with Gasteiger partial charge in [-0.15, -0.1) is 11.8 Å². The van der Waals surface area contributed by atoms with Crippen molar-refractivity contribution in [3.63, 3.8) is 0 Å². The SMILES string of the molecule is CCCCCCCCCCCCCCOc1cc(CN(C(C)=O)c2ccc(CN3C=CSC3)cc2)ccc1Cl. The summed E-state index contributed by atoms with van der Waals surface area (Å²) in [6, 6.07) is 14.1. The number of hydrogen-bond donors (Lipinski definition) is 0. The average Bonchev–Trinajstić information content (AvgIpc) is 3.45. The average molecular weight is 571 g/mol. The lowest BCUT2D eigenvalue weighted by Gasteiger charge is -2.23. The Labute approximate surface area is 246 Å². The van der Waals surface area contributed by atoms with Gasteiger partial charge in [0.05, 0.1) is 24.1 Å². The molecule has 0 unspecified atom stereocenters. The van der Waals surface area contributed by atoms with E-state index in [2.05, 4.69) is 35.6 Å². The summed E-state index contributed by atoms with van der Waals surface area (Å²) in [5.74, 6) is 1.70. The lowest BCUT2D eigenvalue weighted by Crippen LogP contribution is -2.27. The maximum absolute atomic E-state index is 12.5. The number of carbonyl (C=O) groups excluding carboxylic acids is 1. The lowest BCUT2D eigenvalue weighted by atomic mass is 10.1. The van der Waals surface area contributed by atoms with Crippen LogP contribution >= 0.6 is 23.4 Å². The van der Waals surface area contributed by atoms with Gasteiger partial charge in [-0.05, 0) is 47.2 Å². The predicted molar refractivity (Wildman–Crippen MR) is 168 cm³/mol. The molecule has 3 rings (SSSR count). The fraction of sp³-hybridized carbons (Fsp3) is 0.545. The molecule has 2 aromatic rings. The molecule has 0 saturated carbocycles. The number of unbranched alkanes of at least 4 members (excludes halogenated alkanes) is 11. The fourth-order valence-electron chi connectivity index (χ4n) is 4.87. The van der Waals surface area contributed by atoms with Gasteiger partial charge in [0.15, 0.2) is 0 Å². The zero-order valence-corrected chi connectivity index (χ0v) is 25.6. The summed E-state index contributed by atoms with van der Waals surface area (Å²) < 4.78 is 6.05. The van der Waals surface area contributed by atoms with Crippen LogP contribution in [0, 0.1) is 0 Å². The second-order valence-corrected chi connectivity index (χ2v) is 11.9. The predicted octanol–water partition coefficient (Wildman–Crippen LogP) is 9.95. The minimum atomic E-state index is 0.00976. The number of anilines is 1. The van der Waals surface area contributed by atoms with Crippen LogP contribution in [0.15, 0.2) is 54.1 Å². The number of thioether (sulfide) groups is 1. The van der Waals surface area contributed by atoms with Crippen LogP contribution in [-0.4, -0.2) is 23.3 Å². The van der Waals surface area contributed by atoms with Crippen LogP contribution in [0.3, 0.4) is 0 Å². The Morgan fingerprint density at radius 3 is 2.10 bits per heavy atom. The molecular formula is C33H47ClN2O2S. The molecule has 0 atom stereocenters. The van der Waals surface area contributed by atoms with E-state index in [-0.39, 0.29) is 5.91 Å². The van der Waals surface area contributed by atoms with Crippen molar-refractivity contribution in [2.24, 2.45) is 0 Å². The Bertz CT molecular complexity index is 1010. The Kier molecular flexibility index (Phi) is 14.7. The van der Waals surface area contributed by atoms with Gasteiger partial charge in [-0.2, -0.15) is 0 Å². The third kappa shape index (κ3) is 11.9. The van der Waals surface area contributed by atoms with Crippen LogP contribution in [0.4, 0.5) is 5.69 Å². The van der Waals surface area contributed by atoms with Crippen LogP contribution in [0.5, 0.6) is 5.75 Å². The van der Waals surface area contributed by atoms with Gasteiger partial charge in [-0.3, -0.25) is 4.79 Å². The van der Waals surface area contributed by atoms with Crippen LogP contribution in [-0.2, 0) is 17.9 Å². The summed E-state index contributed by atoms with van der Waals surface area (Å²) in [6.07, 6.45) is 18.0. The Morgan fingerprint density at radius 2 is 1.51 bits per heavy atom. The van der Waals surface area contributed by atoms with E-state index in [0.717, 1.165) is 30.1 Å². The van der Waals surface area contributed by atoms with Crippen molar-refractivity contribution in [2.75, 3.05) is 17.4 Å². The van der Waals surface area contributed by atoms with E-state index in [4.69, 9.17) is 16.3 Å². The van der Waals surface area contributed by atoms with Gasteiger partial charge < -0.3 is 14.5 Å². The van der Waals surface area contributed by atoms with Crippen LogP contribution in [0.25, 0.3) is 0 Å². The highest BCUT2D eigenvalue weighted by Gasteiger charge is 2.14. The van der Waals surface area contributed by atoms with E-state index in [1.807, 2.05) is 30.3 Å². The quantitative estimate of drug-likeness (QED) is 0.157. The largest absolute Gasteiger partial charge is 0.492 e. The first kappa shape index (κ1) is 31.4. The van der Waals surface area contributed by atoms with Gasteiger partial charge in [0.1, 0.15) is 5.75 Å². The number of halogens is 1. The van der Waals surface area contributed by atoms with Gasteiger partial charge in [0.25, 0.3) is 0 Å². The van der Waals surface area contributed by atoms with Gasteiger partial charge in [-0.1, -0.05) is 107 Å². The molecule has 0 aromatic heterocycles. The molecule has 1 aliphatic rings. The summed E-state index contributed by atoms with van der Waals surface area (Å²) in [5, 5.41) is 2.74. The molecule has 1 heterocycles. The first-order chi connectivity index (χ1) is 19.1. The van der Waals surface area contributed by atoms with Crippen molar-refractivity contribution in [1.29, 1.82) is 0 Å². The van der Waals surface area contributed by atoms with Crippen molar-refractivity contribution < 1.29 is 9.53 Å². The van der Waals surface area contributed by atoms with Gasteiger partial charge in [-0.25, -0.2) is 0 Å². The molecule has 6 heteroatoms. The van der Waals surface area contributed by atoms with Crippen molar-refractivity contribution in [3.05, 3.63) is 70.2 Å². The molecule has 0 aliphatic carbocycles. The molecule has 2 aromatic carbocycles. The molecule has 0 bridgehead atoms. The molecule has 4 nitrogen and oxygen atoms in total. The smallest absolute Gasteiger partial charge is 0.224 e. The maximum atomic E-state index is 12.5. The topological polar surface area (TPSA) is 32.8 Å². The summed E-state index contributed by atoms with van der Waals surface area (Å²) >= 11 is 8.24. The van der Waals surface area contributed by atoms with Crippen molar-refractivity contribution in [1.82, 2.24) is 4.90 Å². The Hall–Kier alpha value is -2.11. The van der Waals surface area contributed by atoms with Crippen molar-refractivity contribution in [2.45, 2.75) is 104 Å². The normalized spacial score (nSPS) is 12.7. The number of carbonyl (C=O) groups is 1. The van der Waals surface area contributed by atoms with Crippen molar-refractivity contribution >= 4 is 35.0 Å². The van der Waals surface area contributed by atoms with Gasteiger partial charge >= 0.3 is 0 Å². The molecule has 39 heavy (non-hydrogen) atoms. The third-order valence-electron chi connectivity index (χ3n) is 7.21. The summed E-state index contributed by atoms with van der Waals surface area (Å²) in [7, 11) is 0. The molecule has 0 spiro atoms. The van der Waals surface area contributed by atoms with Crippen molar-refractivity contribution in [3.8, 4) is 5.75 Å². The Balaban J connectivity index is 1.39. The molecular weight excluding hydrogens is 524 g/mol. The number of hydrogen-bond acceptors (Lipinski definition) is 4. The minimum Gasteiger partial charge on any atom is -0.492 e. The van der Waals surface area contributed by atoms with E-state index in [1.165, 1.54) is 76.2 Å². The summed E-state index contributed by atoms with van der Waals surface area (Å²) in [6.45, 7) is 5.91. The third-order valence-corrected chi connectivity index (χ3v) is 8.32. The second-order valence-electron chi connectivity index (χ2n) is 10.6. The first-order valence-corrected chi connectivity index (χ1v) is 16.3. The van der Waals surface area contributed by atoms with Crippen LogP contribution in [0.1, 0.15) is 102 Å². The summed E-state index contributed by atoms with van der Waals surface area (Å²) in [4.78, 5) is 16.6. The van der Waals surface area contributed by atoms with Crippen LogP contribution < -0.4 is 9.64 Å². The van der Waals surface area contributed by atoms with E-state index >= 15 is 0 Å². The van der Waals surface area contributed by atoms with Gasteiger partial charge in [0.2, 0.25) is 5.91 Å². The minimum absolute atomic E-state index is 0.00976.